The molecule has 0 saturated heterocycles. The molecule has 0 heterocycles. The molecule has 0 radical (unpaired) electrons. The summed E-state index contributed by atoms with van der Waals surface area (Å²) in [6.45, 7) is 5.28. The maximum Gasteiger partial charge on any atom is 0.178 e. The number of carbonyl (C=O) groups is 1. The van der Waals surface area contributed by atoms with E-state index in [1.54, 1.807) is 13.1 Å². The Morgan fingerprint density at radius 3 is 2.20 bits per heavy atom. The van der Waals surface area contributed by atoms with E-state index in [4.69, 9.17) is 0 Å². The van der Waals surface area contributed by atoms with E-state index >= 15 is 0 Å². The van der Waals surface area contributed by atoms with Crippen LogP contribution < -0.4 is 0 Å². The molecule has 0 amide bonds. The molecule has 0 saturated carbocycles. The van der Waals surface area contributed by atoms with Crippen molar-refractivity contribution in [2.24, 2.45) is 0 Å². The summed E-state index contributed by atoms with van der Waals surface area (Å²) in [5.74, 6) is 0.161. The van der Waals surface area contributed by atoms with Crippen molar-refractivity contribution < 1.29 is 9.53 Å². The predicted molar refractivity (Wildman–Crippen MR) is 101 cm³/mol. The predicted octanol–water partition coefficient (Wildman–Crippen LogP) is 3.64. The highest BCUT2D eigenvalue weighted by Crippen LogP contribution is 2.09. The molecule has 0 aromatic heterocycles. The van der Waals surface area contributed by atoms with Gasteiger partial charge in [0.05, 0.1) is 6.04 Å². The number of rotatable bonds is 9. The first-order valence-electron chi connectivity index (χ1n) is 8.64. The van der Waals surface area contributed by atoms with Gasteiger partial charge in [0.2, 0.25) is 0 Å². The molecule has 0 fully saturated rings. The molecule has 132 valence electrons. The summed E-state index contributed by atoms with van der Waals surface area (Å²) in [6, 6.07) is 19.8. The minimum atomic E-state index is -0.0548. The molecular weight excluding hydrogens is 312 g/mol. The van der Waals surface area contributed by atoms with Gasteiger partial charge in [0.1, 0.15) is 5.78 Å². The highest BCUT2D eigenvalue weighted by Gasteiger charge is 2.16. The molecule has 0 aliphatic heterocycles. The zero-order chi connectivity index (χ0) is 18.1. The smallest absolute Gasteiger partial charge is 0.178 e. The Morgan fingerprint density at radius 2 is 1.64 bits per heavy atom. The first-order valence-corrected chi connectivity index (χ1v) is 8.64. The van der Waals surface area contributed by atoms with Gasteiger partial charge in [0.25, 0.3) is 0 Å². The summed E-state index contributed by atoms with van der Waals surface area (Å²) < 4.78 is 0.978. The van der Waals surface area contributed by atoms with Crippen molar-refractivity contribution in [2.75, 3.05) is 6.54 Å². The SMILES string of the molecule is CC(=O)CCN(Cc1ccccc1)C(C)/C=[N+](\[O-])Cc1ccccc1. The highest BCUT2D eigenvalue weighted by atomic mass is 16.5. The Kier molecular flexibility index (Phi) is 7.36. The molecule has 4 nitrogen and oxygen atoms in total. The lowest BCUT2D eigenvalue weighted by molar-refractivity contribution is -0.472. The number of carbonyl (C=O) groups excluding carboxylic acids is 1. The number of hydrogen-bond acceptors (Lipinski definition) is 3. The van der Waals surface area contributed by atoms with Crippen molar-refractivity contribution in [1.82, 2.24) is 4.90 Å². The number of hydrogen-bond donors (Lipinski definition) is 0. The van der Waals surface area contributed by atoms with Gasteiger partial charge in [-0.15, -0.1) is 0 Å². The Balaban J connectivity index is 2.06. The second-order valence-corrected chi connectivity index (χ2v) is 6.36. The van der Waals surface area contributed by atoms with Gasteiger partial charge in [-0.25, -0.2) is 4.74 Å². The quantitative estimate of drug-likeness (QED) is 0.303. The third kappa shape index (κ3) is 6.89. The number of Topliss-reactive ketones (excluding diaryl/α,β-unsaturated/α-hetero) is 1. The third-order valence-electron chi connectivity index (χ3n) is 4.12. The second kappa shape index (κ2) is 9.74. The van der Waals surface area contributed by atoms with E-state index in [0.717, 1.165) is 10.3 Å². The van der Waals surface area contributed by atoms with Gasteiger partial charge in [0, 0.05) is 25.1 Å². The first-order chi connectivity index (χ1) is 12.0. The first kappa shape index (κ1) is 18.9. The van der Waals surface area contributed by atoms with Gasteiger partial charge < -0.3 is 5.21 Å². The summed E-state index contributed by atoms with van der Waals surface area (Å²) in [7, 11) is 0. The van der Waals surface area contributed by atoms with Crippen LogP contribution in [-0.2, 0) is 17.9 Å². The van der Waals surface area contributed by atoms with Gasteiger partial charge in [-0.1, -0.05) is 60.7 Å². The maximum absolute atomic E-state index is 12.3. The highest BCUT2D eigenvalue weighted by molar-refractivity contribution is 5.75. The molecule has 2 aromatic rings. The molecule has 2 rings (SSSR count). The van der Waals surface area contributed by atoms with Crippen LogP contribution in [0.15, 0.2) is 60.7 Å². The molecule has 0 aliphatic rings. The molecule has 0 spiro atoms. The molecule has 1 unspecified atom stereocenters. The molecule has 2 aromatic carbocycles. The van der Waals surface area contributed by atoms with Crippen LogP contribution in [0, 0.1) is 5.21 Å². The van der Waals surface area contributed by atoms with Crippen molar-refractivity contribution in [2.45, 2.75) is 39.4 Å². The van der Waals surface area contributed by atoms with Crippen molar-refractivity contribution >= 4 is 12.0 Å². The van der Waals surface area contributed by atoms with E-state index < -0.39 is 0 Å². The van der Waals surface area contributed by atoms with Crippen LogP contribution in [0.1, 0.15) is 31.4 Å². The third-order valence-corrected chi connectivity index (χ3v) is 4.12. The zero-order valence-corrected chi connectivity index (χ0v) is 15.0. The van der Waals surface area contributed by atoms with E-state index in [2.05, 4.69) is 17.0 Å². The van der Waals surface area contributed by atoms with E-state index in [1.165, 1.54) is 5.56 Å². The standard InChI is InChI=1S/C21H26N2O2/c1-18(15-23(25)17-21-11-7-4-8-12-21)22(14-13-19(2)24)16-20-9-5-3-6-10-20/h3-12,15,18H,13-14,16-17H2,1-2H3/b23-15-. The summed E-state index contributed by atoms with van der Waals surface area (Å²) in [5.41, 5.74) is 2.16. The van der Waals surface area contributed by atoms with Crippen LogP contribution in [0.5, 0.6) is 0 Å². The summed E-state index contributed by atoms with van der Waals surface area (Å²) in [5, 5.41) is 12.3. The van der Waals surface area contributed by atoms with E-state index in [-0.39, 0.29) is 11.8 Å². The van der Waals surface area contributed by atoms with Crippen LogP contribution in [0.25, 0.3) is 0 Å². The van der Waals surface area contributed by atoms with Crippen molar-refractivity contribution in [3.63, 3.8) is 0 Å². The fourth-order valence-electron chi connectivity index (χ4n) is 2.70. The van der Waals surface area contributed by atoms with E-state index in [1.807, 2.05) is 55.5 Å². The van der Waals surface area contributed by atoms with Gasteiger partial charge in [-0.3, -0.25) is 9.69 Å². The number of benzene rings is 2. The lowest BCUT2D eigenvalue weighted by Crippen LogP contribution is -2.37. The van der Waals surface area contributed by atoms with Gasteiger partial charge in [-0.05, 0) is 19.4 Å². The molecule has 4 heteroatoms. The lowest BCUT2D eigenvalue weighted by atomic mass is 10.1. The average molecular weight is 338 g/mol. The second-order valence-electron chi connectivity index (χ2n) is 6.36. The summed E-state index contributed by atoms with van der Waals surface area (Å²) in [6.07, 6.45) is 2.18. The fourth-order valence-corrected chi connectivity index (χ4v) is 2.70. The Bertz CT molecular complexity index is 684. The topological polar surface area (TPSA) is 46.4 Å². The molecule has 25 heavy (non-hydrogen) atoms. The Hall–Kier alpha value is -2.46. The van der Waals surface area contributed by atoms with Crippen LogP contribution >= 0.6 is 0 Å². The lowest BCUT2D eigenvalue weighted by Gasteiger charge is -2.25. The van der Waals surface area contributed by atoms with Crippen LogP contribution in [0.3, 0.4) is 0 Å². The van der Waals surface area contributed by atoms with Gasteiger partial charge >= 0.3 is 0 Å². The maximum atomic E-state index is 12.3. The number of hydroxylamine groups is 1. The molecule has 1 atom stereocenters. The van der Waals surface area contributed by atoms with Crippen molar-refractivity contribution in [3.05, 3.63) is 77.0 Å². The van der Waals surface area contributed by atoms with Gasteiger partial charge in [0.15, 0.2) is 12.8 Å². The minimum absolute atomic E-state index is 0.0548. The van der Waals surface area contributed by atoms with Crippen LogP contribution in [0.2, 0.25) is 0 Å². The minimum Gasteiger partial charge on any atom is -0.624 e. The van der Waals surface area contributed by atoms with Crippen LogP contribution in [-0.4, -0.2) is 34.2 Å². The zero-order valence-electron chi connectivity index (χ0n) is 15.0. The summed E-state index contributed by atoms with van der Waals surface area (Å²) >= 11 is 0. The summed E-state index contributed by atoms with van der Waals surface area (Å²) in [4.78, 5) is 13.5. The van der Waals surface area contributed by atoms with E-state index in [0.29, 0.717) is 26.1 Å². The molecule has 0 bridgehead atoms. The van der Waals surface area contributed by atoms with Crippen molar-refractivity contribution in [1.29, 1.82) is 0 Å². The average Bonchev–Trinajstić information content (AvgIpc) is 2.60. The fraction of sp³-hybridized carbons (Fsp3) is 0.333. The molecular formula is C21H26N2O2. The Labute approximate surface area is 150 Å². The normalized spacial score (nSPS) is 13.0. The number of ketones is 1. The molecule has 0 aliphatic carbocycles. The largest absolute Gasteiger partial charge is 0.624 e. The van der Waals surface area contributed by atoms with Crippen molar-refractivity contribution in [3.8, 4) is 0 Å². The van der Waals surface area contributed by atoms with Crippen LogP contribution in [0.4, 0.5) is 0 Å². The molecule has 0 N–H and O–H groups in total. The monoisotopic (exact) mass is 338 g/mol. The van der Waals surface area contributed by atoms with E-state index in [9.17, 15) is 10.0 Å². The number of nitrogens with zero attached hydrogens (tertiary/aromatic N) is 2. The van der Waals surface area contributed by atoms with Gasteiger partial charge in [-0.2, -0.15) is 0 Å². The Morgan fingerprint density at radius 1 is 1.08 bits per heavy atom.